The maximum atomic E-state index is 11.6. The molecule has 0 N–H and O–H groups in total. The molecule has 100 valence electrons. The fourth-order valence-electron chi connectivity index (χ4n) is 1.67. The molecule has 18 heavy (non-hydrogen) atoms. The summed E-state index contributed by atoms with van der Waals surface area (Å²) in [5, 5.41) is 0. The third-order valence-corrected chi connectivity index (χ3v) is 4.69. The first-order valence-electron chi connectivity index (χ1n) is 5.78. The highest BCUT2D eigenvalue weighted by Crippen LogP contribution is 2.31. The van der Waals surface area contributed by atoms with Gasteiger partial charge in [-0.1, -0.05) is 12.1 Å². The van der Waals surface area contributed by atoms with E-state index in [1.54, 1.807) is 0 Å². The molecule has 1 aromatic rings. The molecule has 0 spiro atoms. The van der Waals surface area contributed by atoms with Crippen LogP contribution in [0, 0.1) is 0 Å². The fourth-order valence-corrected chi connectivity index (χ4v) is 2.59. The summed E-state index contributed by atoms with van der Waals surface area (Å²) in [6.07, 6.45) is 0.212. The summed E-state index contributed by atoms with van der Waals surface area (Å²) < 4.78 is 35.8. The van der Waals surface area contributed by atoms with Crippen LogP contribution in [-0.2, 0) is 10.0 Å². The monoisotopic (exact) mass is 271 g/mol. The van der Waals surface area contributed by atoms with Gasteiger partial charge >= 0.3 is 0 Å². The highest BCUT2D eigenvalue weighted by molar-refractivity contribution is 7.89. The number of sulfonamides is 1. The van der Waals surface area contributed by atoms with Gasteiger partial charge in [-0.05, 0) is 12.1 Å². The van der Waals surface area contributed by atoms with E-state index in [0.29, 0.717) is 24.5 Å². The van der Waals surface area contributed by atoms with Crippen molar-refractivity contribution in [3.8, 4) is 11.5 Å². The molecule has 1 aliphatic heterocycles. The van der Waals surface area contributed by atoms with Crippen molar-refractivity contribution in [3.05, 3.63) is 24.3 Å². The molecule has 1 atom stereocenters. The van der Waals surface area contributed by atoms with Gasteiger partial charge in [0.05, 0.1) is 5.75 Å². The van der Waals surface area contributed by atoms with Crippen molar-refractivity contribution >= 4 is 10.0 Å². The lowest BCUT2D eigenvalue weighted by atomic mass is 10.2. The van der Waals surface area contributed by atoms with Gasteiger partial charge in [0.1, 0.15) is 12.7 Å². The van der Waals surface area contributed by atoms with Crippen LogP contribution in [0.2, 0.25) is 0 Å². The van der Waals surface area contributed by atoms with Crippen molar-refractivity contribution in [2.45, 2.75) is 12.5 Å². The van der Waals surface area contributed by atoms with Gasteiger partial charge in [-0.15, -0.1) is 0 Å². The molecule has 1 heterocycles. The minimum absolute atomic E-state index is 0.0657. The molecular formula is C12H17NO4S. The van der Waals surface area contributed by atoms with E-state index in [2.05, 4.69) is 0 Å². The van der Waals surface area contributed by atoms with Gasteiger partial charge in [-0.3, -0.25) is 0 Å². The summed E-state index contributed by atoms with van der Waals surface area (Å²) in [4.78, 5) is 0. The summed E-state index contributed by atoms with van der Waals surface area (Å²) in [5.41, 5.74) is 0. The molecule has 0 saturated heterocycles. The van der Waals surface area contributed by atoms with Crippen LogP contribution in [0.5, 0.6) is 11.5 Å². The van der Waals surface area contributed by atoms with Crippen molar-refractivity contribution in [1.82, 2.24) is 4.31 Å². The molecule has 0 aliphatic carbocycles. The highest BCUT2D eigenvalue weighted by atomic mass is 32.2. The molecule has 0 bridgehead atoms. The van der Waals surface area contributed by atoms with Crippen molar-refractivity contribution < 1.29 is 17.9 Å². The topological polar surface area (TPSA) is 55.8 Å². The van der Waals surface area contributed by atoms with Crippen LogP contribution < -0.4 is 9.47 Å². The predicted octanol–water partition coefficient (Wildman–Crippen LogP) is 1.11. The minimum atomic E-state index is -3.18. The van der Waals surface area contributed by atoms with E-state index in [0.717, 1.165) is 0 Å². The fraction of sp³-hybridized carbons (Fsp3) is 0.500. The van der Waals surface area contributed by atoms with Crippen molar-refractivity contribution in [2.75, 3.05) is 26.5 Å². The van der Waals surface area contributed by atoms with E-state index in [1.807, 2.05) is 24.3 Å². The van der Waals surface area contributed by atoms with Crippen LogP contribution in [0.3, 0.4) is 0 Å². The smallest absolute Gasteiger partial charge is 0.213 e. The zero-order valence-electron chi connectivity index (χ0n) is 10.5. The Morgan fingerprint density at radius 1 is 1.28 bits per heavy atom. The normalized spacial score (nSPS) is 18.9. The second-order valence-corrected chi connectivity index (χ2v) is 6.69. The molecule has 1 aromatic carbocycles. The standard InChI is InChI=1S/C12H17NO4S/c1-13(2)18(14,15)8-7-10-9-16-11-5-3-4-6-12(11)17-10/h3-6,10H,7-9H2,1-2H3. The van der Waals surface area contributed by atoms with Crippen LogP contribution in [0.1, 0.15) is 6.42 Å². The molecular weight excluding hydrogens is 254 g/mol. The molecule has 0 amide bonds. The van der Waals surface area contributed by atoms with Gasteiger partial charge in [0, 0.05) is 20.5 Å². The largest absolute Gasteiger partial charge is 0.486 e. The zero-order valence-corrected chi connectivity index (χ0v) is 11.3. The quantitative estimate of drug-likeness (QED) is 0.823. The third kappa shape index (κ3) is 2.94. The predicted molar refractivity (Wildman–Crippen MR) is 68.4 cm³/mol. The van der Waals surface area contributed by atoms with Gasteiger partial charge in [0.2, 0.25) is 10.0 Å². The number of hydrogen-bond donors (Lipinski definition) is 0. The van der Waals surface area contributed by atoms with E-state index in [1.165, 1.54) is 18.4 Å². The summed E-state index contributed by atoms with van der Waals surface area (Å²) in [6.45, 7) is 0.389. The Hall–Kier alpha value is -1.27. The van der Waals surface area contributed by atoms with Gasteiger partial charge < -0.3 is 9.47 Å². The number of rotatable bonds is 4. The molecule has 6 heteroatoms. The van der Waals surface area contributed by atoms with Gasteiger partial charge in [-0.2, -0.15) is 0 Å². The first-order valence-corrected chi connectivity index (χ1v) is 7.38. The SMILES string of the molecule is CN(C)S(=O)(=O)CCC1COc2ccccc2O1. The molecule has 2 rings (SSSR count). The lowest BCUT2D eigenvalue weighted by Crippen LogP contribution is -2.33. The Labute approximate surface area is 107 Å². The Bertz CT molecular complexity index is 513. The highest BCUT2D eigenvalue weighted by Gasteiger charge is 2.23. The molecule has 0 saturated carbocycles. The maximum Gasteiger partial charge on any atom is 0.213 e. The Morgan fingerprint density at radius 3 is 2.61 bits per heavy atom. The van der Waals surface area contributed by atoms with Crippen molar-refractivity contribution in [1.29, 1.82) is 0 Å². The molecule has 0 fully saturated rings. The van der Waals surface area contributed by atoms with E-state index in [4.69, 9.17) is 9.47 Å². The Balaban J connectivity index is 1.95. The lowest BCUT2D eigenvalue weighted by Gasteiger charge is -2.26. The minimum Gasteiger partial charge on any atom is -0.486 e. The van der Waals surface area contributed by atoms with Crippen LogP contribution in [-0.4, -0.2) is 45.3 Å². The molecule has 1 aliphatic rings. The van der Waals surface area contributed by atoms with E-state index >= 15 is 0 Å². The number of para-hydroxylation sites is 2. The first kappa shape index (κ1) is 13.2. The average Bonchev–Trinajstić information content (AvgIpc) is 2.36. The Kier molecular flexibility index (Phi) is 3.77. The second kappa shape index (κ2) is 5.16. The first-order chi connectivity index (χ1) is 8.49. The van der Waals surface area contributed by atoms with Gasteiger partial charge in [0.15, 0.2) is 11.5 Å². The van der Waals surface area contributed by atoms with E-state index in [-0.39, 0.29) is 11.9 Å². The summed E-state index contributed by atoms with van der Waals surface area (Å²) in [5.74, 6) is 1.45. The number of benzene rings is 1. The van der Waals surface area contributed by atoms with Crippen LogP contribution in [0.15, 0.2) is 24.3 Å². The summed E-state index contributed by atoms with van der Waals surface area (Å²) in [7, 11) is -0.116. The molecule has 0 aromatic heterocycles. The lowest BCUT2D eigenvalue weighted by molar-refractivity contribution is 0.0888. The Morgan fingerprint density at radius 2 is 1.94 bits per heavy atom. The number of hydrogen-bond acceptors (Lipinski definition) is 4. The zero-order chi connectivity index (χ0) is 13.2. The van der Waals surface area contributed by atoms with E-state index < -0.39 is 10.0 Å². The summed E-state index contributed by atoms with van der Waals surface area (Å²) >= 11 is 0. The van der Waals surface area contributed by atoms with Crippen LogP contribution in [0.4, 0.5) is 0 Å². The maximum absolute atomic E-state index is 11.6. The van der Waals surface area contributed by atoms with Gasteiger partial charge in [-0.25, -0.2) is 12.7 Å². The molecule has 0 radical (unpaired) electrons. The number of nitrogens with zero attached hydrogens (tertiary/aromatic N) is 1. The summed E-state index contributed by atoms with van der Waals surface area (Å²) in [6, 6.07) is 7.39. The van der Waals surface area contributed by atoms with E-state index in [9.17, 15) is 8.42 Å². The third-order valence-electron chi connectivity index (χ3n) is 2.82. The van der Waals surface area contributed by atoms with Crippen molar-refractivity contribution in [2.24, 2.45) is 0 Å². The van der Waals surface area contributed by atoms with Crippen LogP contribution in [0.25, 0.3) is 0 Å². The number of fused-ring (bicyclic) bond motifs is 1. The number of ether oxygens (including phenoxy) is 2. The van der Waals surface area contributed by atoms with Crippen molar-refractivity contribution in [3.63, 3.8) is 0 Å². The second-order valence-electron chi connectivity index (χ2n) is 4.38. The molecule has 5 nitrogen and oxygen atoms in total. The van der Waals surface area contributed by atoms with Gasteiger partial charge in [0.25, 0.3) is 0 Å². The average molecular weight is 271 g/mol. The molecule has 1 unspecified atom stereocenters. The van der Waals surface area contributed by atoms with Crippen LogP contribution >= 0.6 is 0 Å².